The number of benzene rings is 1. The summed E-state index contributed by atoms with van der Waals surface area (Å²) in [4.78, 5) is 0. The van der Waals surface area contributed by atoms with Crippen LogP contribution in [0.25, 0.3) is 0 Å². The summed E-state index contributed by atoms with van der Waals surface area (Å²) in [6, 6.07) is 10.3. The molecule has 1 heterocycles. The van der Waals surface area contributed by atoms with Crippen molar-refractivity contribution >= 4 is 8.80 Å². The van der Waals surface area contributed by atoms with E-state index < -0.39 is 0 Å². The molecule has 0 atom stereocenters. The average Bonchev–Trinajstić information content (AvgIpc) is 2.63. The standard InChI is InChI=1S/C22H34FSi/c1-2-3-18-8-12-22(13-9-18)24-16-14-20(15-17-24)5-4-19-6-10-21(23)11-7-19/h6-7,10-11,18,20,22H,2-5,8-9,12-17H2,1H3. The third-order valence-corrected chi connectivity index (χ3v) is 10.2. The molecule has 1 saturated carbocycles. The first kappa shape index (κ1) is 18.2. The van der Waals surface area contributed by atoms with Crippen molar-refractivity contribution in [2.45, 2.75) is 88.8 Å². The first-order chi connectivity index (χ1) is 11.7. The van der Waals surface area contributed by atoms with Crippen molar-refractivity contribution in [2.75, 3.05) is 0 Å². The first-order valence-corrected chi connectivity index (χ1v) is 12.3. The Hall–Kier alpha value is -0.633. The van der Waals surface area contributed by atoms with Crippen molar-refractivity contribution in [1.29, 1.82) is 0 Å². The molecule has 0 spiro atoms. The summed E-state index contributed by atoms with van der Waals surface area (Å²) in [7, 11) is -0.0561. The molecule has 0 nitrogen and oxygen atoms in total. The van der Waals surface area contributed by atoms with Crippen LogP contribution in [0.2, 0.25) is 17.6 Å². The Balaban J connectivity index is 1.36. The van der Waals surface area contributed by atoms with E-state index in [-0.39, 0.29) is 14.6 Å². The maximum atomic E-state index is 13.0. The molecule has 3 rings (SSSR count). The van der Waals surface area contributed by atoms with Crippen molar-refractivity contribution in [3.63, 3.8) is 0 Å². The zero-order chi connectivity index (χ0) is 16.8. The van der Waals surface area contributed by atoms with Crippen molar-refractivity contribution < 1.29 is 4.39 Å². The van der Waals surface area contributed by atoms with Crippen molar-refractivity contribution in [2.24, 2.45) is 11.8 Å². The van der Waals surface area contributed by atoms with Crippen LogP contribution < -0.4 is 0 Å². The lowest BCUT2D eigenvalue weighted by Gasteiger charge is -2.37. The number of rotatable bonds is 6. The van der Waals surface area contributed by atoms with Crippen LogP contribution >= 0.6 is 0 Å². The third-order valence-electron chi connectivity index (χ3n) is 6.62. The minimum atomic E-state index is -0.114. The second kappa shape index (κ2) is 9.17. The Labute approximate surface area is 149 Å². The molecule has 2 fully saturated rings. The first-order valence-electron chi connectivity index (χ1n) is 10.3. The fourth-order valence-electron chi connectivity index (χ4n) is 5.03. The van der Waals surface area contributed by atoms with E-state index in [1.54, 1.807) is 37.1 Å². The third kappa shape index (κ3) is 5.18. The van der Waals surface area contributed by atoms with Crippen LogP contribution in [-0.2, 0) is 6.42 Å². The molecule has 0 unspecified atom stereocenters. The van der Waals surface area contributed by atoms with Gasteiger partial charge in [-0.05, 0) is 47.9 Å². The van der Waals surface area contributed by atoms with Gasteiger partial charge in [0.1, 0.15) is 5.82 Å². The molecule has 1 radical (unpaired) electrons. The summed E-state index contributed by atoms with van der Waals surface area (Å²) >= 11 is 0. The van der Waals surface area contributed by atoms with Crippen LogP contribution in [0.1, 0.15) is 70.3 Å². The van der Waals surface area contributed by atoms with Gasteiger partial charge in [0.25, 0.3) is 0 Å². The Morgan fingerprint density at radius 1 is 0.875 bits per heavy atom. The highest BCUT2D eigenvalue weighted by molar-refractivity contribution is 6.60. The SMILES string of the molecule is CCCC1CCC([Si]2CCC(CCc3ccc(F)cc3)CC2)CC1. The predicted molar refractivity (Wildman–Crippen MR) is 103 cm³/mol. The second-order valence-electron chi connectivity index (χ2n) is 8.27. The summed E-state index contributed by atoms with van der Waals surface area (Å²) < 4.78 is 13.0. The van der Waals surface area contributed by atoms with Crippen LogP contribution in [0.15, 0.2) is 24.3 Å². The monoisotopic (exact) mass is 345 g/mol. The Morgan fingerprint density at radius 3 is 2.12 bits per heavy atom. The summed E-state index contributed by atoms with van der Waals surface area (Å²) in [5.41, 5.74) is 2.45. The van der Waals surface area contributed by atoms with Gasteiger partial charge in [-0.15, -0.1) is 0 Å². The van der Waals surface area contributed by atoms with Gasteiger partial charge in [-0.25, -0.2) is 4.39 Å². The summed E-state index contributed by atoms with van der Waals surface area (Å²) in [6.07, 6.45) is 14.4. The molecule has 0 N–H and O–H groups in total. The number of hydrogen-bond donors (Lipinski definition) is 0. The van der Waals surface area contributed by atoms with Crippen LogP contribution in [0.5, 0.6) is 0 Å². The van der Waals surface area contributed by atoms with Gasteiger partial charge in [0.2, 0.25) is 0 Å². The maximum absolute atomic E-state index is 13.0. The quantitative estimate of drug-likeness (QED) is 0.486. The molecular weight excluding hydrogens is 311 g/mol. The second-order valence-corrected chi connectivity index (χ2v) is 11.4. The Morgan fingerprint density at radius 2 is 1.50 bits per heavy atom. The molecule has 24 heavy (non-hydrogen) atoms. The van der Waals surface area contributed by atoms with E-state index >= 15 is 0 Å². The molecule has 133 valence electrons. The lowest BCUT2D eigenvalue weighted by Crippen LogP contribution is -2.29. The highest BCUT2D eigenvalue weighted by Gasteiger charge is 2.31. The van der Waals surface area contributed by atoms with E-state index in [1.807, 2.05) is 12.1 Å². The fourth-order valence-corrected chi connectivity index (χ4v) is 8.81. The van der Waals surface area contributed by atoms with Gasteiger partial charge in [-0.2, -0.15) is 0 Å². The molecule has 1 aliphatic heterocycles. The molecule has 1 saturated heterocycles. The van der Waals surface area contributed by atoms with Crippen LogP contribution in [0.4, 0.5) is 4.39 Å². The largest absolute Gasteiger partial charge is 0.207 e. The predicted octanol–water partition coefficient (Wildman–Crippen LogP) is 7.02. The van der Waals surface area contributed by atoms with Gasteiger partial charge in [-0.3, -0.25) is 0 Å². The zero-order valence-electron chi connectivity index (χ0n) is 15.4. The zero-order valence-corrected chi connectivity index (χ0v) is 16.4. The van der Waals surface area contributed by atoms with Crippen LogP contribution in [0, 0.1) is 17.7 Å². The minimum absolute atomic E-state index is 0.0561. The molecule has 0 bridgehead atoms. The van der Waals surface area contributed by atoms with Gasteiger partial charge in [0, 0.05) is 0 Å². The fraction of sp³-hybridized carbons (Fsp3) is 0.727. The lowest BCUT2D eigenvalue weighted by atomic mass is 9.86. The van der Waals surface area contributed by atoms with Crippen molar-refractivity contribution in [1.82, 2.24) is 0 Å². The van der Waals surface area contributed by atoms with E-state index in [2.05, 4.69) is 6.92 Å². The van der Waals surface area contributed by atoms with Gasteiger partial charge in [0.05, 0.1) is 8.80 Å². The molecule has 2 aliphatic rings. The highest BCUT2D eigenvalue weighted by atomic mass is 28.3. The van der Waals surface area contributed by atoms with E-state index in [9.17, 15) is 4.39 Å². The molecular formula is C22H34FSi. The topological polar surface area (TPSA) is 0 Å². The van der Waals surface area contributed by atoms with Crippen LogP contribution in [-0.4, -0.2) is 8.80 Å². The Kier molecular flexibility index (Phi) is 6.94. The van der Waals surface area contributed by atoms with Crippen molar-refractivity contribution in [3.8, 4) is 0 Å². The van der Waals surface area contributed by atoms with Crippen LogP contribution in [0.3, 0.4) is 0 Å². The summed E-state index contributed by atoms with van der Waals surface area (Å²) in [6.45, 7) is 2.34. The van der Waals surface area contributed by atoms with E-state index in [1.165, 1.54) is 50.5 Å². The maximum Gasteiger partial charge on any atom is 0.123 e. The summed E-state index contributed by atoms with van der Waals surface area (Å²) in [5, 5.41) is 0. The van der Waals surface area contributed by atoms with E-state index in [4.69, 9.17) is 0 Å². The number of halogens is 1. The Bertz CT molecular complexity index is 467. The lowest BCUT2D eigenvalue weighted by molar-refractivity contribution is 0.330. The van der Waals surface area contributed by atoms with E-state index in [0.717, 1.165) is 23.8 Å². The van der Waals surface area contributed by atoms with Gasteiger partial charge in [-0.1, -0.05) is 82.5 Å². The van der Waals surface area contributed by atoms with Gasteiger partial charge >= 0.3 is 0 Å². The molecule has 2 heteroatoms. The molecule has 1 aromatic rings. The number of aryl methyl sites for hydroxylation is 1. The van der Waals surface area contributed by atoms with Crippen molar-refractivity contribution in [3.05, 3.63) is 35.6 Å². The molecule has 1 aromatic carbocycles. The van der Waals surface area contributed by atoms with Gasteiger partial charge in [0.15, 0.2) is 0 Å². The normalized spacial score (nSPS) is 26.6. The smallest absolute Gasteiger partial charge is 0.123 e. The van der Waals surface area contributed by atoms with Gasteiger partial charge < -0.3 is 0 Å². The number of hydrogen-bond acceptors (Lipinski definition) is 0. The minimum Gasteiger partial charge on any atom is -0.207 e. The molecule has 0 amide bonds. The highest BCUT2D eigenvalue weighted by Crippen LogP contribution is 2.42. The molecule has 0 aromatic heterocycles. The average molecular weight is 346 g/mol. The van der Waals surface area contributed by atoms with E-state index in [0.29, 0.717) is 0 Å². The molecule has 1 aliphatic carbocycles. The summed E-state index contributed by atoms with van der Waals surface area (Å²) in [5.74, 6) is 1.87.